The van der Waals surface area contributed by atoms with Crippen LogP contribution < -0.4 is 5.32 Å². The van der Waals surface area contributed by atoms with Crippen molar-refractivity contribution in [1.29, 1.82) is 0 Å². The molecular weight excluding hydrogens is 277 g/mol. The number of halogens is 1. The van der Waals surface area contributed by atoms with Crippen molar-refractivity contribution in [1.82, 2.24) is 5.32 Å². The normalized spacial score (nSPS) is 11.3. The van der Waals surface area contributed by atoms with E-state index in [4.69, 9.17) is 0 Å². The number of Topliss-reactive ketones (excluding diaryl/α,β-unsaturated/α-hetero) is 1. The van der Waals surface area contributed by atoms with Gasteiger partial charge in [-0.2, -0.15) is 0 Å². The number of benzene rings is 2. The van der Waals surface area contributed by atoms with E-state index in [1.165, 1.54) is 6.07 Å². The van der Waals surface area contributed by atoms with Gasteiger partial charge in [-0.05, 0) is 50.1 Å². The number of ketones is 1. The Labute approximate surface area is 132 Å². The van der Waals surface area contributed by atoms with Crippen LogP contribution in [0.4, 0.5) is 4.39 Å². The number of carbonyl (C=O) groups is 1. The van der Waals surface area contributed by atoms with Crippen molar-refractivity contribution in [2.24, 2.45) is 0 Å². The lowest BCUT2D eigenvalue weighted by atomic mass is 10.0. The van der Waals surface area contributed by atoms with E-state index >= 15 is 0 Å². The number of carbonyl (C=O) groups excluding carboxylic acids is 1. The smallest absolute Gasteiger partial charge is 0.146 e. The SMILES string of the molecule is CC[C@H](NC)C(C)=O.Cc1c(F)cccc1-c1ccccc1. The molecule has 2 nitrogen and oxygen atoms in total. The molecule has 0 amide bonds. The molecule has 0 aromatic heterocycles. The first-order valence-electron chi connectivity index (χ1n) is 7.49. The van der Waals surface area contributed by atoms with Gasteiger partial charge in [0.1, 0.15) is 11.6 Å². The number of nitrogens with one attached hydrogen (secondary N) is 1. The third-order valence-electron chi connectivity index (χ3n) is 3.60. The van der Waals surface area contributed by atoms with Gasteiger partial charge in [0, 0.05) is 0 Å². The van der Waals surface area contributed by atoms with Crippen LogP contribution in [0.25, 0.3) is 11.1 Å². The summed E-state index contributed by atoms with van der Waals surface area (Å²) < 4.78 is 13.3. The molecule has 2 rings (SSSR count). The van der Waals surface area contributed by atoms with Gasteiger partial charge in [-0.3, -0.25) is 4.79 Å². The van der Waals surface area contributed by atoms with Crippen molar-refractivity contribution < 1.29 is 9.18 Å². The Balaban J connectivity index is 0.000000261. The lowest BCUT2D eigenvalue weighted by molar-refractivity contribution is -0.118. The highest BCUT2D eigenvalue weighted by Crippen LogP contribution is 2.24. The quantitative estimate of drug-likeness (QED) is 0.908. The van der Waals surface area contributed by atoms with Crippen molar-refractivity contribution in [3.05, 3.63) is 59.9 Å². The standard InChI is InChI=1S/C13H11F.C6H13NO/c1-10-12(8-5-9-13(10)14)11-6-3-2-4-7-11;1-4-6(7-3)5(2)8/h2-9H,1H3;6-7H,4H2,1-3H3/t;6-/m.0/s1. The van der Waals surface area contributed by atoms with E-state index in [1.54, 1.807) is 27.0 Å². The molecule has 0 spiro atoms. The second kappa shape index (κ2) is 9.11. The molecule has 0 saturated heterocycles. The zero-order valence-electron chi connectivity index (χ0n) is 13.7. The van der Waals surface area contributed by atoms with Gasteiger partial charge in [-0.25, -0.2) is 4.39 Å². The molecule has 0 unspecified atom stereocenters. The van der Waals surface area contributed by atoms with Crippen LogP contribution in [0.5, 0.6) is 0 Å². The van der Waals surface area contributed by atoms with Gasteiger partial charge in [0.2, 0.25) is 0 Å². The molecule has 0 aliphatic heterocycles. The molecule has 0 aliphatic carbocycles. The molecule has 22 heavy (non-hydrogen) atoms. The van der Waals surface area contributed by atoms with Gasteiger partial charge in [0.15, 0.2) is 0 Å². The minimum Gasteiger partial charge on any atom is -0.311 e. The molecule has 0 bridgehead atoms. The topological polar surface area (TPSA) is 29.1 Å². The molecule has 0 radical (unpaired) electrons. The molecule has 2 aromatic carbocycles. The summed E-state index contributed by atoms with van der Waals surface area (Å²) in [4.78, 5) is 10.5. The van der Waals surface area contributed by atoms with Crippen molar-refractivity contribution in [3.63, 3.8) is 0 Å². The van der Waals surface area contributed by atoms with Crippen LogP contribution in [0.15, 0.2) is 48.5 Å². The average molecular weight is 301 g/mol. The van der Waals surface area contributed by atoms with Crippen molar-refractivity contribution >= 4 is 5.78 Å². The first-order valence-corrected chi connectivity index (χ1v) is 7.49. The molecular formula is C19H24FNO. The van der Waals surface area contributed by atoms with E-state index in [-0.39, 0.29) is 17.6 Å². The molecule has 0 heterocycles. The van der Waals surface area contributed by atoms with Gasteiger partial charge >= 0.3 is 0 Å². The first kappa shape index (κ1) is 18.1. The largest absolute Gasteiger partial charge is 0.311 e. The highest BCUT2D eigenvalue weighted by atomic mass is 19.1. The fraction of sp³-hybridized carbons (Fsp3) is 0.316. The Morgan fingerprint density at radius 1 is 1.14 bits per heavy atom. The maximum atomic E-state index is 13.3. The number of hydrogen-bond donors (Lipinski definition) is 1. The van der Waals surface area contributed by atoms with Crippen LogP contribution in [0, 0.1) is 12.7 Å². The molecule has 1 atom stereocenters. The van der Waals surface area contributed by atoms with Crippen LogP contribution >= 0.6 is 0 Å². The van der Waals surface area contributed by atoms with Crippen molar-refractivity contribution in [2.75, 3.05) is 7.05 Å². The third-order valence-corrected chi connectivity index (χ3v) is 3.60. The summed E-state index contributed by atoms with van der Waals surface area (Å²) in [5.41, 5.74) is 2.73. The minimum atomic E-state index is -0.147. The van der Waals surface area contributed by atoms with Crippen LogP contribution in [-0.2, 0) is 4.79 Å². The maximum absolute atomic E-state index is 13.3. The Hall–Kier alpha value is -2.00. The molecule has 0 fully saturated rings. The summed E-state index contributed by atoms with van der Waals surface area (Å²) in [5.74, 6) is 0.0707. The molecule has 1 N–H and O–H groups in total. The lowest BCUT2D eigenvalue weighted by Gasteiger charge is -2.07. The van der Waals surface area contributed by atoms with E-state index in [9.17, 15) is 9.18 Å². The fourth-order valence-corrected chi connectivity index (χ4v) is 2.23. The highest BCUT2D eigenvalue weighted by Gasteiger charge is 2.06. The highest BCUT2D eigenvalue weighted by molar-refractivity contribution is 5.81. The van der Waals surface area contributed by atoms with E-state index in [2.05, 4.69) is 5.32 Å². The maximum Gasteiger partial charge on any atom is 0.146 e. The summed E-state index contributed by atoms with van der Waals surface area (Å²) in [6.45, 7) is 5.39. The lowest BCUT2D eigenvalue weighted by Crippen LogP contribution is -2.31. The van der Waals surface area contributed by atoms with Crippen molar-refractivity contribution in [2.45, 2.75) is 33.2 Å². The van der Waals surface area contributed by atoms with Gasteiger partial charge in [0.05, 0.1) is 6.04 Å². The van der Waals surface area contributed by atoms with E-state index in [0.717, 1.165) is 17.5 Å². The fourth-order valence-electron chi connectivity index (χ4n) is 2.23. The van der Waals surface area contributed by atoms with Crippen molar-refractivity contribution in [3.8, 4) is 11.1 Å². The summed E-state index contributed by atoms with van der Waals surface area (Å²) in [6, 6.07) is 15.1. The third kappa shape index (κ3) is 5.08. The zero-order chi connectivity index (χ0) is 16.5. The number of rotatable bonds is 4. The predicted molar refractivity (Wildman–Crippen MR) is 90.4 cm³/mol. The predicted octanol–water partition coefficient (Wildman–Crippen LogP) is 4.37. The molecule has 0 saturated carbocycles. The van der Waals surface area contributed by atoms with Gasteiger partial charge < -0.3 is 5.32 Å². The number of hydrogen-bond acceptors (Lipinski definition) is 2. The zero-order valence-corrected chi connectivity index (χ0v) is 13.7. The molecule has 2 aromatic rings. The minimum absolute atomic E-state index is 0.0648. The summed E-state index contributed by atoms with van der Waals surface area (Å²) in [7, 11) is 1.80. The van der Waals surface area contributed by atoms with Gasteiger partial charge in [-0.15, -0.1) is 0 Å². The van der Waals surface area contributed by atoms with Crippen LogP contribution in [0.2, 0.25) is 0 Å². The van der Waals surface area contributed by atoms with Gasteiger partial charge in [0.25, 0.3) is 0 Å². The van der Waals surface area contributed by atoms with Crippen LogP contribution in [0.1, 0.15) is 25.8 Å². The summed E-state index contributed by atoms with van der Waals surface area (Å²) >= 11 is 0. The monoisotopic (exact) mass is 301 g/mol. The Morgan fingerprint density at radius 2 is 1.77 bits per heavy atom. The summed E-state index contributed by atoms with van der Waals surface area (Å²) in [5, 5.41) is 2.90. The van der Waals surface area contributed by atoms with E-state index in [0.29, 0.717) is 5.56 Å². The Kier molecular flexibility index (Phi) is 7.47. The van der Waals surface area contributed by atoms with E-state index in [1.807, 2.05) is 43.3 Å². The molecule has 118 valence electrons. The van der Waals surface area contributed by atoms with E-state index < -0.39 is 0 Å². The van der Waals surface area contributed by atoms with Gasteiger partial charge in [-0.1, -0.05) is 49.4 Å². The Bertz CT molecular complexity index is 592. The second-order valence-corrected chi connectivity index (χ2v) is 5.14. The average Bonchev–Trinajstić information content (AvgIpc) is 2.52. The molecule has 3 heteroatoms. The van der Waals surface area contributed by atoms with Crippen LogP contribution in [0.3, 0.4) is 0 Å². The van der Waals surface area contributed by atoms with Crippen LogP contribution in [-0.4, -0.2) is 18.9 Å². The number of likely N-dealkylation sites (N-methyl/N-ethyl adjacent to an activating group) is 1. The molecule has 0 aliphatic rings. The first-order chi connectivity index (χ1) is 10.5. The second-order valence-electron chi connectivity index (χ2n) is 5.14. The Morgan fingerprint density at radius 3 is 2.23 bits per heavy atom. The summed E-state index contributed by atoms with van der Waals surface area (Å²) in [6.07, 6.45) is 0.881.